The zero-order valence-electron chi connectivity index (χ0n) is 10.8. The van der Waals surface area contributed by atoms with Gasteiger partial charge >= 0.3 is 0 Å². The third-order valence-corrected chi connectivity index (χ3v) is 4.43. The van der Waals surface area contributed by atoms with Crippen molar-refractivity contribution in [2.45, 2.75) is 32.1 Å². The lowest BCUT2D eigenvalue weighted by atomic mass is 9.81. The second-order valence-corrected chi connectivity index (χ2v) is 5.99. The molecule has 0 spiro atoms. The van der Waals surface area contributed by atoms with Gasteiger partial charge < -0.3 is 4.90 Å². The van der Waals surface area contributed by atoms with Crippen molar-refractivity contribution in [2.75, 3.05) is 19.6 Å². The van der Waals surface area contributed by atoms with Crippen molar-refractivity contribution < 1.29 is 0 Å². The van der Waals surface area contributed by atoms with Crippen LogP contribution in [0, 0.1) is 11.8 Å². The fraction of sp³-hybridized carbons (Fsp3) is 0.625. The van der Waals surface area contributed by atoms with E-state index in [2.05, 4.69) is 42.2 Å². The molecule has 0 N–H and O–H groups in total. The summed E-state index contributed by atoms with van der Waals surface area (Å²) in [5, 5.41) is 0. The van der Waals surface area contributed by atoms with E-state index in [-0.39, 0.29) is 0 Å². The van der Waals surface area contributed by atoms with Gasteiger partial charge in [0.25, 0.3) is 0 Å². The molecule has 1 aliphatic carbocycles. The predicted octanol–water partition coefficient (Wildman–Crippen LogP) is 3.52. The fourth-order valence-corrected chi connectivity index (χ4v) is 3.26. The Bertz CT molecular complexity index is 355. The van der Waals surface area contributed by atoms with Gasteiger partial charge in [-0.05, 0) is 49.1 Å². The summed E-state index contributed by atoms with van der Waals surface area (Å²) in [5.41, 5.74) is 1.55. The van der Waals surface area contributed by atoms with Gasteiger partial charge in [-0.25, -0.2) is 0 Å². The summed E-state index contributed by atoms with van der Waals surface area (Å²) in [6.07, 6.45) is 4.30. The molecule has 0 radical (unpaired) electrons. The summed E-state index contributed by atoms with van der Waals surface area (Å²) in [5.74, 6) is 2.63. The van der Waals surface area contributed by atoms with Gasteiger partial charge in [-0.2, -0.15) is 0 Å². The summed E-state index contributed by atoms with van der Waals surface area (Å²) in [6.45, 7) is 6.40. The van der Waals surface area contributed by atoms with Gasteiger partial charge in [0.2, 0.25) is 0 Å². The van der Waals surface area contributed by atoms with Gasteiger partial charge in [-0.1, -0.05) is 37.3 Å². The van der Waals surface area contributed by atoms with Crippen LogP contribution in [0.15, 0.2) is 30.3 Å². The molecule has 1 saturated carbocycles. The Morgan fingerprint density at radius 3 is 2.53 bits per heavy atom. The Morgan fingerprint density at radius 1 is 1.12 bits per heavy atom. The Kier molecular flexibility index (Phi) is 3.19. The van der Waals surface area contributed by atoms with Gasteiger partial charge in [0, 0.05) is 13.1 Å². The SMILES string of the molecule is C[C@@H]1CN(CC2CC2)CC[C@H]1c1ccccc1. The highest BCUT2D eigenvalue weighted by Crippen LogP contribution is 2.35. The summed E-state index contributed by atoms with van der Waals surface area (Å²) >= 11 is 0. The Labute approximate surface area is 105 Å². The molecule has 1 heterocycles. The van der Waals surface area contributed by atoms with Gasteiger partial charge in [-0.15, -0.1) is 0 Å². The van der Waals surface area contributed by atoms with Crippen molar-refractivity contribution in [3.05, 3.63) is 35.9 Å². The normalized spacial score (nSPS) is 30.4. The Morgan fingerprint density at radius 2 is 1.88 bits per heavy atom. The van der Waals surface area contributed by atoms with Gasteiger partial charge in [-0.3, -0.25) is 0 Å². The van der Waals surface area contributed by atoms with Crippen molar-refractivity contribution in [1.29, 1.82) is 0 Å². The number of hydrogen-bond acceptors (Lipinski definition) is 1. The number of benzene rings is 1. The van der Waals surface area contributed by atoms with E-state index in [9.17, 15) is 0 Å². The van der Waals surface area contributed by atoms with E-state index in [0.717, 1.165) is 17.8 Å². The number of likely N-dealkylation sites (tertiary alicyclic amines) is 1. The van der Waals surface area contributed by atoms with Crippen LogP contribution in [0.25, 0.3) is 0 Å². The van der Waals surface area contributed by atoms with E-state index in [1.165, 1.54) is 38.9 Å². The molecule has 1 aromatic carbocycles. The molecule has 0 bridgehead atoms. The van der Waals surface area contributed by atoms with Crippen LogP contribution < -0.4 is 0 Å². The van der Waals surface area contributed by atoms with Crippen LogP contribution in [0.3, 0.4) is 0 Å². The molecular weight excluding hydrogens is 206 g/mol. The molecule has 0 amide bonds. The number of piperidine rings is 1. The van der Waals surface area contributed by atoms with Crippen LogP contribution in [0.2, 0.25) is 0 Å². The maximum atomic E-state index is 2.70. The minimum absolute atomic E-state index is 0.784. The van der Waals surface area contributed by atoms with E-state index < -0.39 is 0 Å². The number of hydrogen-bond donors (Lipinski definition) is 0. The summed E-state index contributed by atoms with van der Waals surface area (Å²) in [7, 11) is 0. The van der Waals surface area contributed by atoms with Crippen LogP contribution >= 0.6 is 0 Å². The monoisotopic (exact) mass is 229 g/mol. The molecule has 0 aromatic heterocycles. The van der Waals surface area contributed by atoms with Crippen LogP contribution in [0.1, 0.15) is 37.7 Å². The van der Waals surface area contributed by atoms with E-state index in [4.69, 9.17) is 0 Å². The first-order valence-corrected chi connectivity index (χ1v) is 7.10. The average molecular weight is 229 g/mol. The lowest BCUT2D eigenvalue weighted by Gasteiger charge is -2.37. The van der Waals surface area contributed by atoms with Crippen molar-refractivity contribution >= 4 is 0 Å². The smallest absolute Gasteiger partial charge is 0.00130 e. The molecular formula is C16H23N. The average Bonchev–Trinajstić information content (AvgIpc) is 3.14. The molecule has 3 rings (SSSR count). The Hall–Kier alpha value is -0.820. The van der Waals surface area contributed by atoms with Crippen LogP contribution in [-0.4, -0.2) is 24.5 Å². The molecule has 1 nitrogen and oxygen atoms in total. The molecule has 92 valence electrons. The lowest BCUT2D eigenvalue weighted by molar-refractivity contribution is 0.157. The van der Waals surface area contributed by atoms with E-state index in [1.54, 1.807) is 5.56 Å². The zero-order chi connectivity index (χ0) is 11.7. The number of nitrogens with zero attached hydrogens (tertiary/aromatic N) is 1. The Balaban J connectivity index is 1.61. The largest absolute Gasteiger partial charge is 0.303 e. The first kappa shape index (κ1) is 11.3. The summed E-state index contributed by atoms with van der Waals surface area (Å²) in [4.78, 5) is 2.70. The molecule has 1 saturated heterocycles. The van der Waals surface area contributed by atoms with E-state index in [0.29, 0.717) is 0 Å². The van der Waals surface area contributed by atoms with Crippen LogP contribution in [-0.2, 0) is 0 Å². The van der Waals surface area contributed by atoms with Gasteiger partial charge in [0.15, 0.2) is 0 Å². The van der Waals surface area contributed by atoms with Crippen molar-refractivity contribution in [3.63, 3.8) is 0 Å². The van der Waals surface area contributed by atoms with Gasteiger partial charge in [0.1, 0.15) is 0 Å². The zero-order valence-corrected chi connectivity index (χ0v) is 10.8. The first-order valence-electron chi connectivity index (χ1n) is 7.10. The molecule has 17 heavy (non-hydrogen) atoms. The summed E-state index contributed by atoms with van der Waals surface area (Å²) < 4.78 is 0. The highest BCUT2D eigenvalue weighted by molar-refractivity contribution is 5.21. The highest BCUT2D eigenvalue weighted by atomic mass is 15.1. The molecule has 2 aliphatic rings. The van der Waals surface area contributed by atoms with Gasteiger partial charge in [0.05, 0.1) is 0 Å². The van der Waals surface area contributed by atoms with Crippen molar-refractivity contribution in [2.24, 2.45) is 11.8 Å². The molecule has 2 atom stereocenters. The number of rotatable bonds is 3. The minimum Gasteiger partial charge on any atom is -0.303 e. The quantitative estimate of drug-likeness (QED) is 0.766. The maximum absolute atomic E-state index is 2.70. The van der Waals surface area contributed by atoms with Crippen LogP contribution in [0.4, 0.5) is 0 Å². The fourth-order valence-electron chi connectivity index (χ4n) is 3.26. The topological polar surface area (TPSA) is 3.24 Å². The van der Waals surface area contributed by atoms with Crippen LogP contribution in [0.5, 0.6) is 0 Å². The standard InChI is InChI=1S/C16H23N/c1-13-11-17(12-14-7-8-14)10-9-16(13)15-5-3-2-4-6-15/h2-6,13-14,16H,7-12H2,1H3/t13-,16-/m1/s1. The minimum atomic E-state index is 0.784. The lowest BCUT2D eigenvalue weighted by Crippen LogP contribution is -2.39. The second kappa shape index (κ2) is 4.81. The maximum Gasteiger partial charge on any atom is 0.00130 e. The summed E-state index contributed by atoms with van der Waals surface area (Å²) in [6, 6.07) is 11.1. The molecule has 0 unspecified atom stereocenters. The molecule has 2 fully saturated rings. The first-order chi connectivity index (χ1) is 8.33. The second-order valence-electron chi connectivity index (χ2n) is 5.99. The van der Waals surface area contributed by atoms with Crippen molar-refractivity contribution in [1.82, 2.24) is 4.90 Å². The van der Waals surface area contributed by atoms with Crippen molar-refractivity contribution in [3.8, 4) is 0 Å². The third-order valence-electron chi connectivity index (χ3n) is 4.43. The molecule has 1 aromatic rings. The predicted molar refractivity (Wildman–Crippen MR) is 72.1 cm³/mol. The van der Waals surface area contributed by atoms with E-state index >= 15 is 0 Å². The highest BCUT2D eigenvalue weighted by Gasteiger charge is 2.30. The molecule has 1 aliphatic heterocycles. The molecule has 1 heteroatoms. The third kappa shape index (κ3) is 2.71. The van der Waals surface area contributed by atoms with E-state index in [1.807, 2.05) is 0 Å².